The first kappa shape index (κ1) is 12.7. The number of benzene rings is 1. The van der Waals surface area contributed by atoms with Crippen LogP contribution in [0.2, 0.25) is 0 Å². The summed E-state index contributed by atoms with van der Waals surface area (Å²) in [5.74, 6) is -1.69. The van der Waals surface area contributed by atoms with Crippen LogP contribution in [0.5, 0.6) is 5.75 Å². The average molecular weight is 276 g/mol. The Kier molecular flexibility index (Phi) is 2.94. The fraction of sp³-hybridized carbons (Fsp3) is 0.182. The monoisotopic (exact) mass is 276 g/mol. The Labute approximate surface area is 103 Å². The molecule has 0 spiro atoms. The van der Waals surface area contributed by atoms with Gasteiger partial charge in [0.1, 0.15) is 5.75 Å². The summed E-state index contributed by atoms with van der Waals surface area (Å²) in [5, 5.41) is 19.1. The van der Waals surface area contributed by atoms with E-state index < -0.39 is 29.9 Å². The van der Waals surface area contributed by atoms with Gasteiger partial charge in [0, 0.05) is 10.1 Å². The number of phenols is 1. The van der Waals surface area contributed by atoms with E-state index in [4.69, 9.17) is 5.11 Å². The molecule has 1 aromatic carbocycles. The lowest BCUT2D eigenvalue weighted by Crippen LogP contribution is -2.07. The number of rotatable bonds is 2. The molecule has 0 aliphatic carbocycles. The summed E-state index contributed by atoms with van der Waals surface area (Å²) in [7, 11) is 0. The average Bonchev–Trinajstić information content (AvgIpc) is 2.57. The highest BCUT2D eigenvalue weighted by atomic mass is 32.1. The molecule has 0 saturated carbocycles. The second-order valence-corrected chi connectivity index (χ2v) is 4.61. The first-order chi connectivity index (χ1) is 8.29. The molecule has 3 nitrogen and oxygen atoms in total. The van der Waals surface area contributed by atoms with Gasteiger partial charge in [-0.3, -0.25) is 4.79 Å². The molecule has 18 heavy (non-hydrogen) atoms. The molecule has 0 saturated heterocycles. The Balaban J connectivity index is 2.74. The van der Waals surface area contributed by atoms with Gasteiger partial charge in [-0.2, -0.15) is 13.2 Å². The Hall–Kier alpha value is -1.76. The van der Waals surface area contributed by atoms with E-state index in [1.807, 2.05) is 0 Å². The van der Waals surface area contributed by atoms with E-state index in [0.29, 0.717) is 6.07 Å². The minimum absolute atomic E-state index is 0.106. The number of carbonyl (C=O) groups is 1. The molecule has 0 bridgehead atoms. The third-order valence-corrected chi connectivity index (χ3v) is 3.36. The van der Waals surface area contributed by atoms with Crippen molar-refractivity contribution in [3.8, 4) is 5.75 Å². The van der Waals surface area contributed by atoms with Crippen LogP contribution in [0.4, 0.5) is 13.2 Å². The van der Waals surface area contributed by atoms with Gasteiger partial charge in [0.25, 0.3) is 0 Å². The molecular weight excluding hydrogens is 269 g/mol. The van der Waals surface area contributed by atoms with Gasteiger partial charge in [-0.15, -0.1) is 11.3 Å². The number of hydrogen-bond donors (Lipinski definition) is 2. The molecular formula is C11H7F3O3S. The van der Waals surface area contributed by atoms with Crippen molar-refractivity contribution in [2.24, 2.45) is 0 Å². The van der Waals surface area contributed by atoms with Crippen LogP contribution in [0.1, 0.15) is 11.1 Å². The summed E-state index contributed by atoms with van der Waals surface area (Å²) in [4.78, 5) is 10.6. The molecule has 2 N–H and O–H groups in total. The summed E-state index contributed by atoms with van der Waals surface area (Å²) >= 11 is 0.977. The maximum absolute atomic E-state index is 12.8. The van der Waals surface area contributed by atoms with Crippen LogP contribution in [0, 0.1) is 0 Å². The number of carboxylic acids is 1. The summed E-state index contributed by atoms with van der Waals surface area (Å²) in [6.45, 7) is 0. The molecule has 7 heteroatoms. The van der Waals surface area contributed by atoms with Gasteiger partial charge in [-0.25, -0.2) is 0 Å². The molecule has 1 aromatic heterocycles. The Morgan fingerprint density at radius 2 is 2.00 bits per heavy atom. The first-order valence-corrected chi connectivity index (χ1v) is 5.69. The number of alkyl halides is 3. The van der Waals surface area contributed by atoms with E-state index in [-0.39, 0.29) is 15.6 Å². The van der Waals surface area contributed by atoms with Gasteiger partial charge >= 0.3 is 12.1 Å². The van der Waals surface area contributed by atoms with Crippen LogP contribution in [-0.2, 0) is 17.4 Å². The topological polar surface area (TPSA) is 57.5 Å². The van der Waals surface area contributed by atoms with Crippen molar-refractivity contribution in [2.75, 3.05) is 0 Å². The number of thiophene rings is 1. The molecule has 0 amide bonds. The lowest BCUT2D eigenvalue weighted by Gasteiger charge is -2.10. The smallest absolute Gasteiger partial charge is 0.417 e. The summed E-state index contributed by atoms with van der Waals surface area (Å²) in [6.07, 6.45) is -5.11. The highest BCUT2D eigenvalue weighted by Crippen LogP contribution is 2.41. The minimum Gasteiger partial charge on any atom is -0.508 e. The van der Waals surface area contributed by atoms with Gasteiger partial charge in [0.15, 0.2) is 0 Å². The van der Waals surface area contributed by atoms with Gasteiger partial charge in [-0.05, 0) is 23.1 Å². The Bertz CT molecular complexity index is 616. The fourth-order valence-corrected chi connectivity index (χ4v) is 2.75. The summed E-state index contributed by atoms with van der Waals surface area (Å²) in [5.41, 5.74) is -0.898. The predicted octanol–water partition coefficient (Wildman–Crippen LogP) is 3.25. The predicted molar refractivity (Wildman–Crippen MR) is 59.8 cm³/mol. The number of phenolic OH excluding ortho intramolecular Hbond substituents is 1. The van der Waals surface area contributed by atoms with Crippen molar-refractivity contribution in [3.05, 3.63) is 28.6 Å². The third kappa shape index (κ3) is 2.26. The quantitative estimate of drug-likeness (QED) is 0.885. The van der Waals surface area contributed by atoms with Gasteiger partial charge in [0.2, 0.25) is 0 Å². The first-order valence-electron chi connectivity index (χ1n) is 4.81. The highest BCUT2D eigenvalue weighted by Gasteiger charge is 2.34. The van der Waals surface area contributed by atoms with E-state index in [1.165, 1.54) is 11.4 Å². The standard InChI is InChI=1S/C11H7F3O3S/c12-11(13,14)7-2-6(15)3-8-10(7)5(4-18-8)1-9(16)17/h2-4,15H,1H2,(H,16,17). The lowest BCUT2D eigenvalue weighted by atomic mass is 10.0. The fourth-order valence-electron chi connectivity index (χ4n) is 1.74. The molecule has 1 heterocycles. The number of aliphatic carboxylic acids is 1. The second kappa shape index (κ2) is 4.16. The van der Waals surface area contributed by atoms with Crippen LogP contribution in [0.3, 0.4) is 0 Å². The van der Waals surface area contributed by atoms with Crippen molar-refractivity contribution < 1.29 is 28.2 Å². The van der Waals surface area contributed by atoms with Gasteiger partial charge in [-0.1, -0.05) is 0 Å². The van der Waals surface area contributed by atoms with Crippen molar-refractivity contribution in [2.45, 2.75) is 12.6 Å². The normalized spacial score (nSPS) is 11.9. The molecule has 0 fully saturated rings. The van der Waals surface area contributed by atoms with Crippen LogP contribution < -0.4 is 0 Å². The number of halogens is 3. The molecule has 96 valence electrons. The molecule has 0 aliphatic heterocycles. The van der Waals surface area contributed by atoms with E-state index in [2.05, 4.69) is 0 Å². The Morgan fingerprint density at radius 1 is 1.33 bits per heavy atom. The maximum Gasteiger partial charge on any atom is 0.417 e. The number of hydrogen-bond acceptors (Lipinski definition) is 3. The van der Waals surface area contributed by atoms with Crippen LogP contribution in [-0.4, -0.2) is 16.2 Å². The second-order valence-electron chi connectivity index (χ2n) is 3.70. The van der Waals surface area contributed by atoms with Crippen LogP contribution >= 0.6 is 11.3 Å². The maximum atomic E-state index is 12.8. The number of aromatic hydroxyl groups is 1. The zero-order chi connectivity index (χ0) is 13.5. The molecule has 2 rings (SSSR count). The Morgan fingerprint density at radius 3 is 2.56 bits per heavy atom. The number of fused-ring (bicyclic) bond motifs is 1. The zero-order valence-electron chi connectivity index (χ0n) is 8.78. The molecule has 2 aromatic rings. The van der Waals surface area contributed by atoms with Crippen LogP contribution in [0.15, 0.2) is 17.5 Å². The van der Waals surface area contributed by atoms with Crippen molar-refractivity contribution in [1.82, 2.24) is 0 Å². The SMILES string of the molecule is O=C(O)Cc1csc2cc(O)cc(C(F)(F)F)c12. The largest absolute Gasteiger partial charge is 0.508 e. The highest BCUT2D eigenvalue weighted by molar-refractivity contribution is 7.17. The summed E-state index contributed by atoms with van der Waals surface area (Å²) < 4.78 is 38.7. The van der Waals surface area contributed by atoms with E-state index in [1.54, 1.807) is 0 Å². The van der Waals surface area contributed by atoms with Gasteiger partial charge < -0.3 is 10.2 Å². The molecule has 0 radical (unpaired) electrons. The number of carboxylic acid groups (broad SMARTS) is 1. The minimum atomic E-state index is -4.63. The zero-order valence-corrected chi connectivity index (χ0v) is 9.60. The van der Waals surface area contributed by atoms with E-state index >= 15 is 0 Å². The molecule has 0 atom stereocenters. The van der Waals surface area contributed by atoms with E-state index in [9.17, 15) is 23.1 Å². The molecule has 0 unspecified atom stereocenters. The van der Waals surface area contributed by atoms with Crippen molar-refractivity contribution in [1.29, 1.82) is 0 Å². The van der Waals surface area contributed by atoms with Crippen molar-refractivity contribution in [3.63, 3.8) is 0 Å². The lowest BCUT2D eigenvalue weighted by molar-refractivity contribution is -0.137. The molecule has 0 aliphatic rings. The third-order valence-electron chi connectivity index (χ3n) is 2.38. The van der Waals surface area contributed by atoms with Crippen molar-refractivity contribution >= 4 is 27.4 Å². The van der Waals surface area contributed by atoms with Crippen LogP contribution in [0.25, 0.3) is 10.1 Å². The van der Waals surface area contributed by atoms with Gasteiger partial charge in [0.05, 0.1) is 12.0 Å². The summed E-state index contributed by atoms with van der Waals surface area (Å²) in [6, 6.07) is 1.81. The van der Waals surface area contributed by atoms with E-state index in [0.717, 1.165) is 11.3 Å².